The Bertz CT molecular complexity index is 742. The van der Waals surface area contributed by atoms with Crippen molar-refractivity contribution in [3.8, 4) is 22.9 Å². The Morgan fingerprint density at radius 3 is 2.28 bits per heavy atom. The summed E-state index contributed by atoms with van der Waals surface area (Å²) in [5.41, 5.74) is -0.0714. The molecule has 0 aliphatic rings. The third-order valence-corrected chi connectivity index (χ3v) is 4.55. The van der Waals surface area contributed by atoms with Gasteiger partial charge in [-0.3, -0.25) is 0 Å². The van der Waals surface area contributed by atoms with Gasteiger partial charge in [0.15, 0.2) is 23.1 Å². The number of hydrogen-bond donors (Lipinski definition) is 0. The van der Waals surface area contributed by atoms with Crippen LogP contribution < -0.4 is 9.47 Å². The van der Waals surface area contributed by atoms with Crippen LogP contribution >= 0.6 is 0 Å². The van der Waals surface area contributed by atoms with Crippen molar-refractivity contribution in [2.75, 3.05) is 13.2 Å². The summed E-state index contributed by atoms with van der Waals surface area (Å²) in [5, 5.41) is 0. The molecule has 0 fully saturated rings. The van der Waals surface area contributed by atoms with Crippen molar-refractivity contribution in [2.24, 2.45) is 0 Å². The second-order valence-electron chi connectivity index (χ2n) is 6.91. The molecule has 0 amide bonds. The highest BCUT2D eigenvalue weighted by molar-refractivity contribution is 5.57. The summed E-state index contributed by atoms with van der Waals surface area (Å²) in [6, 6.07) is 2.77. The maximum atomic E-state index is 14.4. The number of halogens is 3. The predicted octanol–water partition coefficient (Wildman–Crippen LogP) is 6.29. The molecule has 160 valence electrons. The van der Waals surface area contributed by atoms with Gasteiger partial charge in [-0.25, -0.2) is 18.7 Å². The van der Waals surface area contributed by atoms with Gasteiger partial charge >= 0.3 is 0 Å². The standard InChI is InChI=1S/C22H29F3N2O2/c1-3-5-6-7-8-9-12-28-19-11-10-18(20(24)21(19)25)22-26-13-17(14-27-22)29-15-16(23)4-2/h10-11,13-14,16H,3-9,12,15H2,1-2H3. The van der Waals surface area contributed by atoms with E-state index in [4.69, 9.17) is 9.47 Å². The lowest BCUT2D eigenvalue weighted by molar-refractivity contribution is 0.191. The average Bonchev–Trinajstić information content (AvgIpc) is 2.74. The summed E-state index contributed by atoms with van der Waals surface area (Å²) in [6.07, 6.45) is 8.40. The average molecular weight is 410 g/mol. The predicted molar refractivity (Wildman–Crippen MR) is 107 cm³/mol. The van der Waals surface area contributed by atoms with Gasteiger partial charge in [0.2, 0.25) is 5.82 Å². The van der Waals surface area contributed by atoms with Gasteiger partial charge in [-0.1, -0.05) is 46.0 Å². The molecule has 1 atom stereocenters. The summed E-state index contributed by atoms with van der Waals surface area (Å²) in [6.45, 7) is 4.11. The second kappa shape index (κ2) is 12.3. The van der Waals surface area contributed by atoms with E-state index in [0.29, 0.717) is 13.0 Å². The van der Waals surface area contributed by atoms with Crippen LogP contribution in [0.25, 0.3) is 11.4 Å². The van der Waals surface area contributed by atoms with E-state index in [2.05, 4.69) is 16.9 Å². The normalized spacial score (nSPS) is 12.0. The smallest absolute Gasteiger partial charge is 0.201 e. The van der Waals surface area contributed by atoms with Gasteiger partial charge in [0.1, 0.15) is 12.8 Å². The van der Waals surface area contributed by atoms with E-state index in [-0.39, 0.29) is 29.5 Å². The summed E-state index contributed by atoms with van der Waals surface area (Å²) in [5.74, 6) is -1.95. The largest absolute Gasteiger partial charge is 0.490 e. The van der Waals surface area contributed by atoms with Crippen LogP contribution in [0.3, 0.4) is 0 Å². The third-order valence-electron chi connectivity index (χ3n) is 4.55. The molecule has 0 N–H and O–H groups in total. The minimum atomic E-state index is -1.08. The molecule has 0 bridgehead atoms. The molecule has 29 heavy (non-hydrogen) atoms. The first-order valence-electron chi connectivity index (χ1n) is 10.3. The van der Waals surface area contributed by atoms with Crippen molar-refractivity contribution in [1.82, 2.24) is 9.97 Å². The van der Waals surface area contributed by atoms with Crippen molar-refractivity contribution < 1.29 is 22.6 Å². The molecule has 2 rings (SSSR count). The molecule has 0 saturated heterocycles. The quantitative estimate of drug-likeness (QED) is 0.364. The molecule has 2 aromatic rings. The van der Waals surface area contributed by atoms with Gasteiger partial charge in [0.05, 0.1) is 24.6 Å². The Balaban J connectivity index is 1.93. The number of ether oxygens (including phenoxy) is 2. The van der Waals surface area contributed by atoms with Crippen LogP contribution in [0, 0.1) is 11.6 Å². The highest BCUT2D eigenvalue weighted by Crippen LogP contribution is 2.28. The molecule has 1 aromatic heterocycles. The molecule has 0 spiro atoms. The number of rotatable bonds is 13. The summed E-state index contributed by atoms with van der Waals surface area (Å²) >= 11 is 0. The van der Waals surface area contributed by atoms with E-state index < -0.39 is 17.8 Å². The monoisotopic (exact) mass is 410 g/mol. The minimum absolute atomic E-state index is 0.0171. The van der Waals surface area contributed by atoms with E-state index in [9.17, 15) is 13.2 Å². The molecule has 1 heterocycles. The first kappa shape index (κ1) is 23.0. The van der Waals surface area contributed by atoms with Crippen molar-refractivity contribution in [3.63, 3.8) is 0 Å². The van der Waals surface area contributed by atoms with E-state index >= 15 is 0 Å². The van der Waals surface area contributed by atoms with Crippen LogP contribution in [-0.2, 0) is 0 Å². The van der Waals surface area contributed by atoms with Crippen LogP contribution in [0.5, 0.6) is 11.5 Å². The van der Waals surface area contributed by atoms with Crippen LogP contribution in [0.4, 0.5) is 13.2 Å². The lowest BCUT2D eigenvalue weighted by Crippen LogP contribution is -2.11. The molecule has 4 nitrogen and oxygen atoms in total. The fourth-order valence-corrected chi connectivity index (χ4v) is 2.71. The zero-order chi connectivity index (χ0) is 21.1. The summed E-state index contributed by atoms with van der Waals surface area (Å²) in [4.78, 5) is 7.98. The molecule has 0 saturated carbocycles. The van der Waals surface area contributed by atoms with Crippen LogP contribution in [0.1, 0.15) is 58.8 Å². The highest BCUT2D eigenvalue weighted by atomic mass is 19.2. The summed E-state index contributed by atoms with van der Waals surface area (Å²) in [7, 11) is 0. The van der Waals surface area contributed by atoms with Crippen LogP contribution in [0.15, 0.2) is 24.5 Å². The zero-order valence-electron chi connectivity index (χ0n) is 17.1. The summed E-state index contributed by atoms with van der Waals surface area (Å²) < 4.78 is 52.6. The van der Waals surface area contributed by atoms with Crippen LogP contribution in [-0.4, -0.2) is 29.4 Å². The number of hydrogen-bond acceptors (Lipinski definition) is 4. The number of unbranched alkanes of at least 4 members (excludes halogenated alkanes) is 5. The lowest BCUT2D eigenvalue weighted by atomic mass is 10.1. The Morgan fingerprint density at radius 2 is 1.59 bits per heavy atom. The van der Waals surface area contributed by atoms with Gasteiger partial charge in [-0.05, 0) is 25.0 Å². The van der Waals surface area contributed by atoms with Crippen molar-refractivity contribution in [3.05, 3.63) is 36.2 Å². The molecular formula is C22H29F3N2O2. The van der Waals surface area contributed by atoms with Gasteiger partial charge in [0.25, 0.3) is 0 Å². The van der Waals surface area contributed by atoms with Crippen molar-refractivity contribution in [1.29, 1.82) is 0 Å². The topological polar surface area (TPSA) is 44.2 Å². The fraction of sp³-hybridized carbons (Fsp3) is 0.545. The van der Waals surface area contributed by atoms with Gasteiger partial charge in [-0.2, -0.15) is 4.39 Å². The first-order chi connectivity index (χ1) is 14.1. The Labute approximate surface area is 170 Å². The lowest BCUT2D eigenvalue weighted by Gasteiger charge is -2.11. The Kier molecular flexibility index (Phi) is 9.74. The maximum absolute atomic E-state index is 14.4. The number of nitrogens with zero attached hydrogens (tertiary/aromatic N) is 2. The van der Waals surface area contributed by atoms with Crippen molar-refractivity contribution >= 4 is 0 Å². The number of alkyl halides is 1. The van der Waals surface area contributed by atoms with Gasteiger partial charge < -0.3 is 9.47 Å². The molecule has 0 aliphatic carbocycles. The Morgan fingerprint density at radius 1 is 0.897 bits per heavy atom. The first-order valence-corrected chi connectivity index (χ1v) is 10.3. The van der Waals surface area contributed by atoms with Crippen molar-refractivity contribution in [2.45, 2.75) is 65.0 Å². The molecule has 0 radical (unpaired) electrons. The SMILES string of the molecule is CCCCCCCCOc1ccc(-c2ncc(OCC(F)CC)cn2)c(F)c1F. The minimum Gasteiger partial charge on any atom is -0.490 e. The van der Waals surface area contributed by atoms with Gasteiger partial charge in [0, 0.05) is 0 Å². The zero-order valence-corrected chi connectivity index (χ0v) is 17.1. The Hall–Kier alpha value is -2.31. The third kappa shape index (κ3) is 7.22. The molecule has 0 aliphatic heterocycles. The molecule has 7 heteroatoms. The van der Waals surface area contributed by atoms with E-state index in [1.54, 1.807) is 6.92 Å². The molecular weight excluding hydrogens is 381 g/mol. The van der Waals surface area contributed by atoms with E-state index in [0.717, 1.165) is 19.3 Å². The molecule has 1 aromatic carbocycles. The number of aromatic nitrogens is 2. The maximum Gasteiger partial charge on any atom is 0.201 e. The number of benzene rings is 1. The fourth-order valence-electron chi connectivity index (χ4n) is 2.71. The van der Waals surface area contributed by atoms with E-state index in [1.165, 1.54) is 43.8 Å². The molecule has 1 unspecified atom stereocenters. The van der Waals surface area contributed by atoms with Crippen LogP contribution in [0.2, 0.25) is 0 Å². The van der Waals surface area contributed by atoms with E-state index in [1.807, 2.05) is 0 Å². The second-order valence-corrected chi connectivity index (χ2v) is 6.91. The highest BCUT2D eigenvalue weighted by Gasteiger charge is 2.17. The van der Waals surface area contributed by atoms with Gasteiger partial charge in [-0.15, -0.1) is 0 Å².